The zero-order valence-corrected chi connectivity index (χ0v) is 19.8. The molecular formula is C27H35N3O2. The fourth-order valence-corrected chi connectivity index (χ4v) is 4.29. The predicted octanol–water partition coefficient (Wildman–Crippen LogP) is 6.13. The van der Waals surface area contributed by atoms with Gasteiger partial charge in [-0.05, 0) is 29.5 Å². The number of aromatic nitrogens is 2. The van der Waals surface area contributed by atoms with Gasteiger partial charge in [0.05, 0.1) is 11.9 Å². The summed E-state index contributed by atoms with van der Waals surface area (Å²) in [6.45, 7) is 13.1. The number of ether oxygens (including phenoxy) is 2. The molecule has 0 spiro atoms. The molecule has 0 atom stereocenters. The highest BCUT2D eigenvalue weighted by atomic mass is 16.7. The highest BCUT2D eigenvalue weighted by Crippen LogP contribution is 2.33. The highest BCUT2D eigenvalue weighted by molar-refractivity contribution is 5.55. The number of imidazole rings is 1. The summed E-state index contributed by atoms with van der Waals surface area (Å²) < 4.78 is 13.5. The molecule has 170 valence electrons. The standard InChI is InChI=1S/C27H35N3O2/c1-5-6-14-30-23(16-28-26(30)22-10-8-7-9-11-22)18-29(19-27(2,3)4)17-21-12-13-24-25(15-21)32-20-31-24/h7-13,15-16H,5-6,14,17-20H2,1-4H3. The van der Waals surface area contributed by atoms with E-state index in [0.29, 0.717) is 6.79 Å². The van der Waals surface area contributed by atoms with Crippen molar-refractivity contribution in [3.05, 3.63) is 66.0 Å². The van der Waals surface area contributed by atoms with Crippen LogP contribution in [0.15, 0.2) is 54.7 Å². The Morgan fingerprint density at radius 3 is 2.53 bits per heavy atom. The molecule has 1 aliphatic heterocycles. The smallest absolute Gasteiger partial charge is 0.231 e. The van der Waals surface area contributed by atoms with Crippen LogP contribution < -0.4 is 9.47 Å². The van der Waals surface area contributed by atoms with Gasteiger partial charge in [-0.3, -0.25) is 4.90 Å². The molecule has 32 heavy (non-hydrogen) atoms. The van der Waals surface area contributed by atoms with Crippen molar-refractivity contribution in [2.75, 3.05) is 13.3 Å². The monoisotopic (exact) mass is 433 g/mol. The van der Waals surface area contributed by atoms with E-state index in [-0.39, 0.29) is 5.41 Å². The van der Waals surface area contributed by atoms with Gasteiger partial charge < -0.3 is 14.0 Å². The Morgan fingerprint density at radius 1 is 1.00 bits per heavy atom. The van der Waals surface area contributed by atoms with Crippen molar-refractivity contribution >= 4 is 0 Å². The minimum atomic E-state index is 0.187. The zero-order chi connectivity index (χ0) is 22.6. The first-order chi connectivity index (χ1) is 15.4. The van der Waals surface area contributed by atoms with Crippen LogP contribution in [0.1, 0.15) is 51.8 Å². The van der Waals surface area contributed by atoms with Gasteiger partial charge in [0, 0.05) is 31.7 Å². The van der Waals surface area contributed by atoms with Crippen LogP contribution in [-0.2, 0) is 19.6 Å². The molecule has 0 N–H and O–H groups in total. The molecule has 0 bridgehead atoms. The summed E-state index contributed by atoms with van der Waals surface area (Å²) in [6, 6.07) is 16.8. The summed E-state index contributed by atoms with van der Waals surface area (Å²) in [7, 11) is 0. The first-order valence-corrected chi connectivity index (χ1v) is 11.6. The Kier molecular flexibility index (Phi) is 6.85. The molecule has 1 aromatic heterocycles. The fraction of sp³-hybridized carbons (Fsp3) is 0.444. The summed E-state index contributed by atoms with van der Waals surface area (Å²) >= 11 is 0. The van der Waals surface area contributed by atoms with Crippen LogP contribution in [0.2, 0.25) is 0 Å². The fourth-order valence-electron chi connectivity index (χ4n) is 4.29. The number of hydrogen-bond donors (Lipinski definition) is 0. The topological polar surface area (TPSA) is 39.5 Å². The molecule has 0 aliphatic carbocycles. The molecule has 5 heteroatoms. The van der Waals surface area contributed by atoms with Crippen LogP contribution in [0.25, 0.3) is 11.4 Å². The number of nitrogens with zero attached hydrogens (tertiary/aromatic N) is 3. The summed E-state index contributed by atoms with van der Waals surface area (Å²) in [6.07, 6.45) is 4.37. The van der Waals surface area contributed by atoms with E-state index in [4.69, 9.17) is 14.5 Å². The lowest BCUT2D eigenvalue weighted by atomic mass is 9.95. The molecule has 0 unspecified atom stereocenters. The van der Waals surface area contributed by atoms with Gasteiger partial charge in [-0.1, -0.05) is 70.5 Å². The van der Waals surface area contributed by atoms with Crippen molar-refractivity contribution < 1.29 is 9.47 Å². The third kappa shape index (κ3) is 5.52. The SMILES string of the molecule is CCCCn1c(CN(Cc2ccc3c(c2)OCO3)CC(C)(C)C)cnc1-c1ccccc1. The van der Waals surface area contributed by atoms with Crippen LogP contribution >= 0.6 is 0 Å². The molecule has 0 amide bonds. The summed E-state index contributed by atoms with van der Waals surface area (Å²) in [5.41, 5.74) is 3.86. The maximum atomic E-state index is 5.60. The van der Waals surface area contributed by atoms with Gasteiger partial charge in [-0.2, -0.15) is 0 Å². The van der Waals surface area contributed by atoms with E-state index in [1.165, 1.54) is 16.8 Å². The van der Waals surface area contributed by atoms with Crippen molar-refractivity contribution in [2.45, 2.75) is 60.2 Å². The van der Waals surface area contributed by atoms with E-state index >= 15 is 0 Å². The minimum Gasteiger partial charge on any atom is -0.454 e. The molecule has 4 rings (SSSR count). The van der Waals surface area contributed by atoms with Gasteiger partial charge in [0.15, 0.2) is 11.5 Å². The normalized spacial score (nSPS) is 13.2. The van der Waals surface area contributed by atoms with Crippen LogP contribution in [0.5, 0.6) is 11.5 Å². The van der Waals surface area contributed by atoms with E-state index in [1.54, 1.807) is 0 Å². The molecule has 1 aliphatic rings. The molecule has 2 aromatic carbocycles. The minimum absolute atomic E-state index is 0.187. The average Bonchev–Trinajstić information content (AvgIpc) is 3.38. The number of fused-ring (bicyclic) bond motifs is 1. The number of benzene rings is 2. The summed E-state index contributed by atoms with van der Waals surface area (Å²) in [4.78, 5) is 7.36. The molecule has 2 heterocycles. The number of rotatable bonds is 9. The Labute approximate surface area is 192 Å². The van der Waals surface area contributed by atoms with E-state index < -0.39 is 0 Å². The van der Waals surface area contributed by atoms with Crippen LogP contribution in [-0.4, -0.2) is 27.8 Å². The molecular weight excluding hydrogens is 398 g/mol. The molecule has 0 radical (unpaired) electrons. The van der Waals surface area contributed by atoms with Crippen molar-refractivity contribution in [2.24, 2.45) is 5.41 Å². The van der Waals surface area contributed by atoms with Crippen LogP contribution in [0.3, 0.4) is 0 Å². The molecule has 0 fully saturated rings. The average molecular weight is 434 g/mol. The quantitative estimate of drug-likeness (QED) is 0.407. The lowest BCUT2D eigenvalue weighted by Gasteiger charge is -2.30. The maximum absolute atomic E-state index is 5.60. The van der Waals surface area contributed by atoms with Crippen LogP contribution in [0, 0.1) is 5.41 Å². The van der Waals surface area contributed by atoms with Crippen molar-refractivity contribution in [1.29, 1.82) is 0 Å². The molecule has 0 saturated carbocycles. The highest BCUT2D eigenvalue weighted by Gasteiger charge is 2.21. The number of hydrogen-bond acceptors (Lipinski definition) is 4. The van der Waals surface area contributed by atoms with Gasteiger partial charge in [0.25, 0.3) is 0 Å². The second-order valence-corrected chi connectivity index (χ2v) is 9.84. The van der Waals surface area contributed by atoms with Gasteiger partial charge in [0.1, 0.15) is 5.82 Å². The first-order valence-electron chi connectivity index (χ1n) is 11.6. The van der Waals surface area contributed by atoms with E-state index in [1.807, 2.05) is 6.07 Å². The molecule has 0 saturated heterocycles. The van der Waals surface area contributed by atoms with Crippen molar-refractivity contribution in [1.82, 2.24) is 14.5 Å². The first kappa shape index (κ1) is 22.4. The number of unbranched alkanes of at least 4 members (excludes halogenated alkanes) is 1. The lowest BCUT2D eigenvalue weighted by Crippen LogP contribution is -2.32. The Morgan fingerprint density at radius 2 is 1.78 bits per heavy atom. The van der Waals surface area contributed by atoms with E-state index in [0.717, 1.165) is 56.3 Å². The lowest BCUT2D eigenvalue weighted by molar-refractivity contribution is 0.171. The Hall–Kier alpha value is -2.79. The largest absolute Gasteiger partial charge is 0.454 e. The molecule has 3 aromatic rings. The van der Waals surface area contributed by atoms with Gasteiger partial charge in [0.2, 0.25) is 6.79 Å². The van der Waals surface area contributed by atoms with Crippen molar-refractivity contribution in [3.8, 4) is 22.9 Å². The second-order valence-electron chi connectivity index (χ2n) is 9.84. The Bertz CT molecular complexity index is 1020. The zero-order valence-electron chi connectivity index (χ0n) is 19.8. The summed E-state index contributed by atoms with van der Waals surface area (Å²) in [5, 5.41) is 0. The van der Waals surface area contributed by atoms with E-state index in [2.05, 4.69) is 85.8 Å². The summed E-state index contributed by atoms with van der Waals surface area (Å²) in [5.74, 6) is 2.74. The predicted molar refractivity (Wildman–Crippen MR) is 129 cm³/mol. The van der Waals surface area contributed by atoms with Crippen LogP contribution in [0.4, 0.5) is 0 Å². The Balaban J connectivity index is 1.60. The van der Waals surface area contributed by atoms with Gasteiger partial charge >= 0.3 is 0 Å². The maximum Gasteiger partial charge on any atom is 0.231 e. The van der Waals surface area contributed by atoms with Crippen molar-refractivity contribution in [3.63, 3.8) is 0 Å². The molecule has 5 nitrogen and oxygen atoms in total. The van der Waals surface area contributed by atoms with E-state index in [9.17, 15) is 0 Å². The second kappa shape index (κ2) is 9.78. The third-order valence-electron chi connectivity index (χ3n) is 5.63. The van der Waals surface area contributed by atoms with Gasteiger partial charge in [-0.15, -0.1) is 0 Å². The third-order valence-corrected chi connectivity index (χ3v) is 5.63. The van der Waals surface area contributed by atoms with Gasteiger partial charge in [-0.25, -0.2) is 4.98 Å².